The van der Waals surface area contributed by atoms with E-state index in [0.29, 0.717) is 5.92 Å². The third kappa shape index (κ3) is 2.68. The summed E-state index contributed by atoms with van der Waals surface area (Å²) < 4.78 is 0. The largest absolute Gasteiger partial charge is 0.378 e. The molecule has 2 heteroatoms. The van der Waals surface area contributed by atoms with E-state index in [1.807, 2.05) is 32.3 Å². The van der Waals surface area contributed by atoms with Gasteiger partial charge in [0.15, 0.2) is 0 Å². The first-order chi connectivity index (χ1) is 8.59. The Morgan fingerprint density at radius 2 is 1.56 bits per heavy atom. The molecule has 0 N–H and O–H groups in total. The Bertz CT molecular complexity index is 517. The van der Waals surface area contributed by atoms with Crippen molar-refractivity contribution in [2.75, 3.05) is 19.0 Å². The quantitative estimate of drug-likeness (QED) is 0.781. The number of nitrogens with zero attached hydrogens (tertiary/aromatic N) is 1. The number of hydrogen-bond donors (Lipinski definition) is 0. The van der Waals surface area contributed by atoms with Crippen molar-refractivity contribution in [3.8, 4) is 0 Å². The molecule has 0 spiro atoms. The molecule has 0 unspecified atom stereocenters. The second kappa shape index (κ2) is 5.45. The molecule has 18 heavy (non-hydrogen) atoms. The highest BCUT2D eigenvalue weighted by Crippen LogP contribution is 2.30. The third-order valence-corrected chi connectivity index (χ3v) is 3.63. The van der Waals surface area contributed by atoms with Crippen LogP contribution in [0.3, 0.4) is 0 Å². The summed E-state index contributed by atoms with van der Waals surface area (Å²) in [6.45, 7) is 2.19. The number of rotatable bonds is 3. The molecular formula is C16H18ClN. The van der Waals surface area contributed by atoms with Gasteiger partial charge in [-0.2, -0.15) is 0 Å². The van der Waals surface area contributed by atoms with Gasteiger partial charge in [-0.15, -0.1) is 0 Å². The monoisotopic (exact) mass is 259 g/mol. The van der Waals surface area contributed by atoms with Gasteiger partial charge in [0.25, 0.3) is 0 Å². The SMILES string of the molecule is C[C@@H](c1ccc(N(C)C)cc1)c1ccccc1Cl. The molecule has 1 nitrogen and oxygen atoms in total. The van der Waals surface area contributed by atoms with Gasteiger partial charge < -0.3 is 4.90 Å². The molecule has 0 aromatic heterocycles. The standard InChI is InChI=1S/C16H18ClN/c1-12(15-6-4-5-7-16(15)17)13-8-10-14(11-9-13)18(2)3/h4-12H,1-3H3/t12-/m0/s1. The van der Waals surface area contributed by atoms with Crippen LogP contribution in [0.15, 0.2) is 48.5 Å². The fourth-order valence-corrected chi connectivity index (χ4v) is 2.37. The molecule has 0 aliphatic rings. The lowest BCUT2D eigenvalue weighted by molar-refractivity contribution is 0.921. The van der Waals surface area contributed by atoms with Gasteiger partial charge >= 0.3 is 0 Å². The fraction of sp³-hybridized carbons (Fsp3) is 0.250. The maximum absolute atomic E-state index is 6.24. The summed E-state index contributed by atoms with van der Waals surface area (Å²) in [5.74, 6) is 0.315. The van der Waals surface area contributed by atoms with Gasteiger partial charge in [0, 0.05) is 30.7 Å². The Morgan fingerprint density at radius 1 is 0.944 bits per heavy atom. The van der Waals surface area contributed by atoms with Crippen LogP contribution in [0.2, 0.25) is 5.02 Å². The van der Waals surface area contributed by atoms with Crippen LogP contribution >= 0.6 is 11.6 Å². The molecule has 0 aliphatic heterocycles. The number of hydrogen-bond acceptors (Lipinski definition) is 1. The highest BCUT2D eigenvalue weighted by Gasteiger charge is 2.11. The van der Waals surface area contributed by atoms with Gasteiger partial charge in [-0.3, -0.25) is 0 Å². The van der Waals surface area contributed by atoms with E-state index in [0.717, 1.165) is 5.02 Å². The molecule has 0 fully saturated rings. The molecule has 2 aromatic carbocycles. The van der Waals surface area contributed by atoms with Gasteiger partial charge in [0.2, 0.25) is 0 Å². The lowest BCUT2D eigenvalue weighted by Gasteiger charge is -2.17. The van der Waals surface area contributed by atoms with Crippen LogP contribution in [-0.2, 0) is 0 Å². The normalized spacial score (nSPS) is 12.2. The maximum atomic E-state index is 6.24. The summed E-state index contributed by atoms with van der Waals surface area (Å²) in [4.78, 5) is 2.10. The van der Waals surface area contributed by atoms with Crippen molar-refractivity contribution < 1.29 is 0 Å². The minimum atomic E-state index is 0.315. The number of benzene rings is 2. The van der Waals surface area contributed by atoms with Crippen molar-refractivity contribution in [2.45, 2.75) is 12.8 Å². The van der Waals surface area contributed by atoms with Crippen LogP contribution in [0.5, 0.6) is 0 Å². The molecule has 0 saturated carbocycles. The van der Waals surface area contributed by atoms with Gasteiger partial charge in [0.05, 0.1) is 0 Å². The van der Waals surface area contributed by atoms with Crippen LogP contribution in [-0.4, -0.2) is 14.1 Å². The van der Waals surface area contributed by atoms with Crippen LogP contribution in [0.4, 0.5) is 5.69 Å². The Morgan fingerprint density at radius 3 is 2.11 bits per heavy atom. The predicted molar refractivity (Wildman–Crippen MR) is 79.7 cm³/mol. The van der Waals surface area contributed by atoms with Gasteiger partial charge in [-0.05, 0) is 29.3 Å². The summed E-state index contributed by atoms with van der Waals surface area (Å²) in [5, 5.41) is 0.835. The number of halogens is 1. The molecule has 0 heterocycles. The topological polar surface area (TPSA) is 3.24 Å². The summed E-state index contributed by atoms with van der Waals surface area (Å²) >= 11 is 6.24. The molecule has 0 aliphatic carbocycles. The van der Waals surface area contributed by atoms with Crippen molar-refractivity contribution >= 4 is 17.3 Å². The molecule has 0 bridgehead atoms. The van der Waals surface area contributed by atoms with Crippen molar-refractivity contribution in [3.63, 3.8) is 0 Å². The van der Waals surface area contributed by atoms with Crippen LogP contribution in [0.1, 0.15) is 24.0 Å². The Kier molecular flexibility index (Phi) is 3.93. The third-order valence-electron chi connectivity index (χ3n) is 3.28. The smallest absolute Gasteiger partial charge is 0.0444 e. The van der Waals surface area contributed by atoms with E-state index in [-0.39, 0.29) is 0 Å². The van der Waals surface area contributed by atoms with E-state index in [1.54, 1.807) is 0 Å². The molecule has 2 rings (SSSR count). The van der Waals surface area contributed by atoms with E-state index in [4.69, 9.17) is 11.6 Å². The zero-order chi connectivity index (χ0) is 13.1. The Hall–Kier alpha value is -1.47. The van der Waals surface area contributed by atoms with E-state index < -0.39 is 0 Å². The lowest BCUT2D eigenvalue weighted by Crippen LogP contribution is -2.08. The zero-order valence-electron chi connectivity index (χ0n) is 11.0. The average Bonchev–Trinajstić information content (AvgIpc) is 2.38. The maximum Gasteiger partial charge on any atom is 0.0444 e. The lowest BCUT2D eigenvalue weighted by atomic mass is 9.93. The van der Waals surface area contributed by atoms with Crippen molar-refractivity contribution in [2.24, 2.45) is 0 Å². The molecule has 94 valence electrons. The summed E-state index contributed by atoms with van der Waals surface area (Å²) in [5.41, 5.74) is 3.68. The van der Waals surface area contributed by atoms with Crippen LogP contribution in [0, 0.1) is 0 Å². The molecule has 0 saturated heterocycles. The van der Waals surface area contributed by atoms with Gasteiger partial charge in [-0.1, -0.05) is 48.9 Å². The minimum Gasteiger partial charge on any atom is -0.378 e. The molecule has 1 atom stereocenters. The molecular weight excluding hydrogens is 242 g/mol. The first kappa shape index (κ1) is 13.0. The van der Waals surface area contributed by atoms with Crippen molar-refractivity contribution in [1.82, 2.24) is 0 Å². The van der Waals surface area contributed by atoms with E-state index in [2.05, 4.69) is 42.2 Å². The molecule has 0 radical (unpaired) electrons. The van der Waals surface area contributed by atoms with Gasteiger partial charge in [-0.25, -0.2) is 0 Å². The molecule has 2 aromatic rings. The summed E-state index contributed by atoms with van der Waals surface area (Å²) in [7, 11) is 4.10. The Balaban J connectivity index is 2.29. The second-order valence-electron chi connectivity index (χ2n) is 4.73. The van der Waals surface area contributed by atoms with E-state index in [1.165, 1.54) is 16.8 Å². The zero-order valence-corrected chi connectivity index (χ0v) is 11.8. The van der Waals surface area contributed by atoms with Gasteiger partial charge in [0.1, 0.15) is 0 Å². The Labute approximate surface area is 114 Å². The molecule has 0 amide bonds. The predicted octanol–water partition coefficient (Wildman–Crippen LogP) is 4.56. The fourth-order valence-electron chi connectivity index (χ4n) is 2.07. The highest BCUT2D eigenvalue weighted by atomic mass is 35.5. The average molecular weight is 260 g/mol. The minimum absolute atomic E-state index is 0.315. The first-order valence-corrected chi connectivity index (χ1v) is 6.49. The van der Waals surface area contributed by atoms with Crippen molar-refractivity contribution in [1.29, 1.82) is 0 Å². The summed E-state index contributed by atoms with van der Waals surface area (Å²) in [6.07, 6.45) is 0. The van der Waals surface area contributed by atoms with E-state index in [9.17, 15) is 0 Å². The highest BCUT2D eigenvalue weighted by molar-refractivity contribution is 6.31. The summed E-state index contributed by atoms with van der Waals surface area (Å²) in [6, 6.07) is 16.7. The van der Waals surface area contributed by atoms with Crippen molar-refractivity contribution in [3.05, 3.63) is 64.7 Å². The second-order valence-corrected chi connectivity index (χ2v) is 5.14. The first-order valence-electron chi connectivity index (χ1n) is 6.11. The van der Waals surface area contributed by atoms with E-state index >= 15 is 0 Å². The van der Waals surface area contributed by atoms with Crippen LogP contribution in [0.25, 0.3) is 0 Å². The van der Waals surface area contributed by atoms with Crippen LogP contribution < -0.4 is 4.90 Å². The number of anilines is 1.